The Bertz CT molecular complexity index is 786. The minimum Gasteiger partial charge on any atom is -0.349 e. The molecule has 0 saturated carbocycles. The van der Waals surface area contributed by atoms with Crippen molar-refractivity contribution in [2.45, 2.75) is 6.18 Å². The zero-order chi connectivity index (χ0) is 18.4. The van der Waals surface area contributed by atoms with Gasteiger partial charge in [-0.2, -0.15) is 13.2 Å². The van der Waals surface area contributed by atoms with E-state index in [2.05, 4.69) is 22.2 Å². The van der Waals surface area contributed by atoms with Gasteiger partial charge in [-0.3, -0.25) is 14.6 Å². The molecule has 2 aromatic rings. The Morgan fingerprint density at radius 1 is 1.08 bits per heavy atom. The minimum atomic E-state index is -4.44. The standard InChI is InChI=1S/C17H14F3N3O2/c1-2-7-22-15(24)11-8-12(10-21-9-11)16(25)23-14-5-3-13(4-6-14)17(18,19)20/h2-6,8-10H,1,7H2,(H,22,24)(H,23,25). The van der Waals surface area contributed by atoms with Crippen molar-refractivity contribution in [1.29, 1.82) is 0 Å². The molecule has 0 aliphatic carbocycles. The maximum Gasteiger partial charge on any atom is 0.416 e. The summed E-state index contributed by atoms with van der Waals surface area (Å²) in [6.45, 7) is 3.74. The molecule has 0 aliphatic rings. The monoisotopic (exact) mass is 349 g/mol. The molecular formula is C17H14F3N3O2. The summed E-state index contributed by atoms with van der Waals surface area (Å²) < 4.78 is 37.5. The molecule has 1 heterocycles. The Morgan fingerprint density at radius 2 is 1.68 bits per heavy atom. The highest BCUT2D eigenvalue weighted by atomic mass is 19.4. The third-order valence-corrected chi connectivity index (χ3v) is 3.14. The highest BCUT2D eigenvalue weighted by Gasteiger charge is 2.30. The molecule has 0 spiro atoms. The van der Waals surface area contributed by atoms with Crippen LogP contribution in [0.4, 0.5) is 18.9 Å². The Hall–Kier alpha value is -3.16. The van der Waals surface area contributed by atoms with E-state index < -0.39 is 23.6 Å². The van der Waals surface area contributed by atoms with Gasteiger partial charge >= 0.3 is 6.18 Å². The van der Waals surface area contributed by atoms with Crippen LogP contribution in [0.1, 0.15) is 26.3 Å². The molecule has 1 aromatic heterocycles. The molecule has 0 fully saturated rings. The van der Waals surface area contributed by atoms with Gasteiger partial charge in [-0.25, -0.2) is 0 Å². The van der Waals surface area contributed by atoms with Crippen molar-refractivity contribution >= 4 is 17.5 Å². The highest BCUT2D eigenvalue weighted by Crippen LogP contribution is 2.29. The van der Waals surface area contributed by atoms with Crippen molar-refractivity contribution in [3.63, 3.8) is 0 Å². The number of benzene rings is 1. The number of amides is 2. The van der Waals surface area contributed by atoms with E-state index in [1.54, 1.807) is 0 Å². The lowest BCUT2D eigenvalue weighted by atomic mass is 10.1. The van der Waals surface area contributed by atoms with Gasteiger partial charge in [-0.05, 0) is 30.3 Å². The van der Waals surface area contributed by atoms with Crippen LogP contribution in [0.15, 0.2) is 55.4 Å². The smallest absolute Gasteiger partial charge is 0.349 e. The number of pyridine rings is 1. The summed E-state index contributed by atoms with van der Waals surface area (Å²) in [6, 6.07) is 5.37. The van der Waals surface area contributed by atoms with Crippen LogP contribution in [0.25, 0.3) is 0 Å². The molecule has 8 heteroatoms. The predicted molar refractivity (Wildman–Crippen MR) is 86.2 cm³/mol. The maximum atomic E-state index is 12.5. The molecule has 25 heavy (non-hydrogen) atoms. The first-order valence-electron chi connectivity index (χ1n) is 7.14. The number of halogens is 3. The van der Waals surface area contributed by atoms with Crippen molar-refractivity contribution in [2.75, 3.05) is 11.9 Å². The number of hydrogen-bond acceptors (Lipinski definition) is 3. The van der Waals surface area contributed by atoms with Gasteiger partial charge in [0.2, 0.25) is 0 Å². The Labute approximate surface area is 141 Å². The third-order valence-electron chi connectivity index (χ3n) is 3.14. The first-order valence-corrected chi connectivity index (χ1v) is 7.14. The molecule has 2 rings (SSSR count). The Kier molecular flexibility index (Phi) is 5.53. The lowest BCUT2D eigenvalue weighted by Crippen LogP contribution is -2.24. The van der Waals surface area contributed by atoms with E-state index in [9.17, 15) is 22.8 Å². The van der Waals surface area contributed by atoms with Gasteiger partial charge in [-0.15, -0.1) is 6.58 Å². The number of rotatable bonds is 5. The summed E-state index contributed by atoms with van der Waals surface area (Å²) in [5, 5.41) is 5.00. The van der Waals surface area contributed by atoms with E-state index in [-0.39, 0.29) is 23.4 Å². The van der Waals surface area contributed by atoms with Gasteiger partial charge in [0.05, 0.1) is 16.7 Å². The molecule has 0 bridgehead atoms. The predicted octanol–water partition coefficient (Wildman–Crippen LogP) is 3.27. The van der Waals surface area contributed by atoms with Crippen LogP contribution in [-0.2, 0) is 6.18 Å². The first kappa shape index (κ1) is 18.2. The van der Waals surface area contributed by atoms with Crippen LogP contribution in [0.2, 0.25) is 0 Å². The fourth-order valence-corrected chi connectivity index (χ4v) is 1.90. The molecule has 0 saturated heterocycles. The topological polar surface area (TPSA) is 71.1 Å². The summed E-state index contributed by atoms with van der Waals surface area (Å²) in [5.41, 5.74) is -0.333. The number of anilines is 1. The second-order valence-electron chi connectivity index (χ2n) is 4.99. The number of hydrogen-bond donors (Lipinski definition) is 2. The average Bonchev–Trinajstić information content (AvgIpc) is 2.59. The van der Waals surface area contributed by atoms with Crippen LogP contribution >= 0.6 is 0 Å². The molecule has 2 amide bonds. The lowest BCUT2D eigenvalue weighted by Gasteiger charge is -2.09. The van der Waals surface area contributed by atoms with E-state index in [1.807, 2.05) is 0 Å². The van der Waals surface area contributed by atoms with E-state index >= 15 is 0 Å². The Morgan fingerprint density at radius 3 is 2.24 bits per heavy atom. The molecule has 1 aromatic carbocycles. The van der Waals surface area contributed by atoms with Gasteiger partial charge in [0.25, 0.3) is 11.8 Å². The van der Waals surface area contributed by atoms with Gasteiger partial charge < -0.3 is 10.6 Å². The van der Waals surface area contributed by atoms with Crippen molar-refractivity contribution < 1.29 is 22.8 Å². The van der Waals surface area contributed by atoms with Crippen molar-refractivity contribution in [3.8, 4) is 0 Å². The summed E-state index contributed by atoms with van der Waals surface area (Å²) in [5.74, 6) is -1.01. The van der Waals surface area contributed by atoms with Gasteiger partial charge in [-0.1, -0.05) is 6.08 Å². The van der Waals surface area contributed by atoms with Gasteiger partial charge in [0.1, 0.15) is 0 Å². The molecule has 130 valence electrons. The normalized spacial score (nSPS) is 10.8. The van der Waals surface area contributed by atoms with Crippen LogP contribution < -0.4 is 10.6 Å². The number of carbonyl (C=O) groups excluding carboxylic acids is 2. The first-order chi connectivity index (χ1) is 11.8. The van der Waals surface area contributed by atoms with Crippen LogP contribution in [-0.4, -0.2) is 23.3 Å². The third kappa shape index (κ3) is 4.90. The summed E-state index contributed by atoms with van der Waals surface area (Å²) in [4.78, 5) is 27.8. The van der Waals surface area contributed by atoms with Crippen molar-refractivity contribution in [1.82, 2.24) is 10.3 Å². The quantitative estimate of drug-likeness (QED) is 0.814. The molecular weight excluding hydrogens is 335 g/mol. The van der Waals surface area contributed by atoms with Crippen LogP contribution in [0, 0.1) is 0 Å². The average molecular weight is 349 g/mol. The van der Waals surface area contributed by atoms with Crippen LogP contribution in [0.5, 0.6) is 0 Å². The molecule has 5 nitrogen and oxygen atoms in total. The molecule has 0 atom stereocenters. The van der Waals surface area contributed by atoms with E-state index in [4.69, 9.17) is 0 Å². The van der Waals surface area contributed by atoms with Gasteiger partial charge in [0, 0.05) is 24.6 Å². The van der Waals surface area contributed by atoms with Crippen molar-refractivity contribution in [2.24, 2.45) is 0 Å². The number of alkyl halides is 3. The fourth-order valence-electron chi connectivity index (χ4n) is 1.90. The molecule has 0 aliphatic heterocycles. The van der Waals surface area contributed by atoms with Gasteiger partial charge in [0.15, 0.2) is 0 Å². The maximum absolute atomic E-state index is 12.5. The summed E-state index contributed by atoms with van der Waals surface area (Å²) >= 11 is 0. The van der Waals surface area contributed by atoms with Crippen LogP contribution in [0.3, 0.4) is 0 Å². The zero-order valence-corrected chi connectivity index (χ0v) is 12.9. The number of carbonyl (C=O) groups is 2. The van der Waals surface area contributed by atoms with Crippen molar-refractivity contribution in [3.05, 3.63) is 72.1 Å². The molecule has 2 N–H and O–H groups in total. The highest BCUT2D eigenvalue weighted by molar-refractivity contribution is 6.05. The van der Waals surface area contributed by atoms with E-state index in [0.717, 1.165) is 24.3 Å². The molecule has 0 radical (unpaired) electrons. The minimum absolute atomic E-state index is 0.103. The Balaban J connectivity index is 2.10. The SMILES string of the molecule is C=CCNC(=O)c1cncc(C(=O)Nc2ccc(C(F)(F)F)cc2)c1. The summed E-state index contributed by atoms with van der Waals surface area (Å²) in [6.07, 6.45) is -0.386. The lowest BCUT2D eigenvalue weighted by molar-refractivity contribution is -0.137. The van der Waals surface area contributed by atoms with E-state index in [1.165, 1.54) is 24.5 Å². The number of nitrogens with zero attached hydrogens (tertiary/aromatic N) is 1. The summed E-state index contributed by atoms with van der Waals surface area (Å²) in [7, 11) is 0. The van der Waals surface area contributed by atoms with E-state index in [0.29, 0.717) is 0 Å². The second-order valence-corrected chi connectivity index (χ2v) is 4.99. The molecule has 0 unspecified atom stereocenters. The fraction of sp³-hybridized carbons (Fsp3) is 0.118. The number of aromatic nitrogens is 1. The second kappa shape index (κ2) is 7.61. The largest absolute Gasteiger partial charge is 0.416 e. The number of nitrogens with one attached hydrogen (secondary N) is 2. The zero-order valence-electron chi connectivity index (χ0n) is 12.9.